The molecule has 0 fully saturated rings. The summed E-state index contributed by atoms with van der Waals surface area (Å²) in [7, 11) is 3.22. The third kappa shape index (κ3) is 9.54. The van der Waals surface area contributed by atoms with Crippen LogP contribution in [-0.4, -0.2) is 59.0 Å². The minimum absolute atomic E-state index is 0.0130. The number of aryl methyl sites for hydroxylation is 1. The number of amides is 1. The summed E-state index contributed by atoms with van der Waals surface area (Å²) < 4.78 is 21.9. The third-order valence-corrected chi connectivity index (χ3v) is 5.17. The fourth-order valence-electron chi connectivity index (χ4n) is 3.30. The molecular weight excluding hydrogens is 406 g/mol. The van der Waals surface area contributed by atoms with E-state index in [9.17, 15) is 4.79 Å². The van der Waals surface area contributed by atoms with Crippen LogP contribution in [-0.2, 0) is 14.3 Å². The first-order valence-electron chi connectivity index (χ1n) is 10.8. The minimum Gasteiger partial charge on any atom is -0.493 e. The van der Waals surface area contributed by atoms with Gasteiger partial charge in [0.1, 0.15) is 0 Å². The Labute approximate surface area is 186 Å². The van der Waals surface area contributed by atoms with E-state index in [2.05, 4.69) is 5.32 Å². The minimum atomic E-state index is -0.245. The Morgan fingerprint density at radius 1 is 1.00 bits per heavy atom. The molecule has 0 saturated carbocycles. The first-order chi connectivity index (χ1) is 14.6. The fraction of sp³-hybridized carbons (Fsp3) is 0.696. The van der Waals surface area contributed by atoms with E-state index in [0.717, 1.165) is 49.3 Å². The van der Waals surface area contributed by atoms with Gasteiger partial charge < -0.3 is 24.3 Å². The zero-order valence-corrected chi connectivity index (χ0v) is 19.7. The highest BCUT2D eigenvalue weighted by Crippen LogP contribution is 2.35. The van der Waals surface area contributed by atoms with Gasteiger partial charge in [-0.05, 0) is 43.4 Å². The number of carbonyl (C=O) groups excluding carboxylic acids is 1. The Hall–Kier alpha value is -1.50. The molecule has 1 aromatic carbocycles. The Morgan fingerprint density at radius 2 is 1.70 bits per heavy atom. The Kier molecular flexibility index (Phi) is 14.4. The largest absolute Gasteiger partial charge is 0.493 e. The lowest BCUT2D eigenvalue weighted by molar-refractivity contribution is -0.122. The third-order valence-electron chi connectivity index (χ3n) is 4.90. The van der Waals surface area contributed by atoms with Gasteiger partial charge in [0, 0.05) is 19.0 Å². The van der Waals surface area contributed by atoms with Crippen molar-refractivity contribution in [1.82, 2.24) is 5.32 Å². The number of halogens is 1. The van der Waals surface area contributed by atoms with E-state index in [1.54, 1.807) is 14.2 Å². The molecule has 0 bridgehead atoms. The number of rotatable bonds is 17. The summed E-state index contributed by atoms with van der Waals surface area (Å²) in [4.78, 5) is 12.7. The normalized spacial score (nSPS) is 11.9. The fourth-order valence-corrected chi connectivity index (χ4v) is 3.49. The van der Waals surface area contributed by atoms with Gasteiger partial charge in [-0.25, -0.2) is 0 Å². The highest BCUT2D eigenvalue weighted by molar-refractivity contribution is 6.17. The Morgan fingerprint density at radius 3 is 2.33 bits per heavy atom. The number of alkyl halides is 1. The second-order valence-corrected chi connectivity index (χ2v) is 7.53. The van der Waals surface area contributed by atoms with E-state index in [1.165, 1.54) is 0 Å². The number of carbonyl (C=O) groups is 1. The van der Waals surface area contributed by atoms with E-state index in [1.807, 2.05) is 26.0 Å². The molecule has 0 aliphatic heterocycles. The molecule has 0 radical (unpaired) electrons. The molecule has 0 aromatic heterocycles. The van der Waals surface area contributed by atoms with Crippen molar-refractivity contribution in [3.8, 4) is 11.5 Å². The monoisotopic (exact) mass is 443 g/mol. The smallest absolute Gasteiger partial charge is 0.227 e. The standard InChI is InChI=1S/C23H38ClNO5/c1-5-20(19-16-18(2)22(28-4)21(17-19)27-3)23(26)25-11-13-30-15-14-29-12-9-7-6-8-10-24/h16-17,20H,5-15H2,1-4H3,(H,25,26)/t20-/m1/s1. The average Bonchev–Trinajstić information content (AvgIpc) is 2.74. The van der Waals surface area contributed by atoms with Crippen molar-refractivity contribution in [2.75, 3.05) is 53.1 Å². The summed E-state index contributed by atoms with van der Waals surface area (Å²) >= 11 is 5.65. The van der Waals surface area contributed by atoms with E-state index < -0.39 is 0 Å². The lowest BCUT2D eigenvalue weighted by Gasteiger charge is -2.19. The summed E-state index contributed by atoms with van der Waals surface area (Å²) in [5, 5.41) is 2.96. The summed E-state index contributed by atoms with van der Waals surface area (Å²) in [5.74, 6) is 1.81. The van der Waals surface area contributed by atoms with Crippen molar-refractivity contribution in [3.63, 3.8) is 0 Å². The van der Waals surface area contributed by atoms with Crippen molar-refractivity contribution >= 4 is 17.5 Å². The predicted molar refractivity (Wildman–Crippen MR) is 121 cm³/mol. The van der Waals surface area contributed by atoms with Crippen molar-refractivity contribution in [2.45, 2.75) is 51.9 Å². The van der Waals surface area contributed by atoms with E-state index in [-0.39, 0.29) is 11.8 Å². The van der Waals surface area contributed by atoms with Crippen LogP contribution in [0.2, 0.25) is 0 Å². The molecule has 1 atom stereocenters. The van der Waals surface area contributed by atoms with Crippen molar-refractivity contribution < 1.29 is 23.7 Å². The average molecular weight is 444 g/mol. The van der Waals surface area contributed by atoms with Crippen molar-refractivity contribution in [1.29, 1.82) is 0 Å². The molecular formula is C23H38ClNO5. The molecule has 0 spiro atoms. The van der Waals surface area contributed by atoms with Gasteiger partial charge >= 0.3 is 0 Å². The molecule has 172 valence electrons. The molecule has 0 saturated heterocycles. The van der Waals surface area contributed by atoms with Crippen molar-refractivity contribution in [2.24, 2.45) is 0 Å². The summed E-state index contributed by atoms with van der Waals surface area (Å²) in [5.41, 5.74) is 1.87. The number of methoxy groups -OCH3 is 2. The SMILES string of the molecule is CC[C@@H](C(=O)NCCOCCOCCCCCCCl)c1cc(C)c(OC)c(OC)c1. The van der Waals surface area contributed by atoms with Crippen LogP contribution >= 0.6 is 11.6 Å². The maximum Gasteiger partial charge on any atom is 0.227 e. The van der Waals surface area contributed by atoms with Gasteiger partial charge in [-0.1, -0.05) is 25.8 Å². The van der Waals surface area contributed by atoms with Crippen LogP contribution in [0.3, 0.4) is 0 Å². The van der Waals surface area contributed by atoms with Gasteiger partial charge in [0.15, 0.2) is 11.5 Å². The molecule has 30 heavy (non-hydrogen) atoms. The summed E-state index contributed by atoms with van der Waals surface area (Å²) in [6, 6.07) is 3.86. The topological polar surface area (TPSA) is 66.0 Å². The van der Waals surface area contributed by atoms with Gasteiger partial charge in [0.05, 0.1) is 40.0 Å². The van der Waals surface area contributed by atoms with E-state index in [4.69, 9.17) is 30.5 Å². The molecule has 1 aromatic rings. The predicted octanol–water partition coefficient (Wildman–Crippen LogP) is 4.45. The first-order valence-corrected chi connectivity index (χ1v) is 11.3. The Bertz CT molecular complexity index is 612. The zero-order chi connectivity index (χ0) is 22.2. The second-order valence-electron chi connectivity index (χ2n) is 7.15. The highest BCUT2D eigenvalue weighted by atomic mass is 35.5. The van der Waals surface area contributed by atoms with Crippen LogP contribution in [0.5, 0.6) is 11.5 Å². The van der Waals surface area contributed by atoms with Crippen LogP contribution in [0.1, 0.15) is 56.1 Å². The lowest BCUT2D eigenvalue weighted by Crippen LogP contribution is -2.32. The zero-order valence-electron chi connectivity index (χ0n) is 18.9. The van der Waals surface area contributed by atoms with Gasteiger partial charge in [-0.15, -0.1) is 11.6 Å². The molecule has 6 nitrogen and oxygen atoms in total. The quantitative estimate of drug-likeness (QED) is 0.284. The summed E-state index contributed by atoms with van der Waals surface area (Å²) in [6.07, 6.45) is 5.13. The maximum atomic E-state index is 12.7. The molecule has 7 heteroatoms. The Balaban J connectivity index is 2.29. The molecule has 0 heterocycles. The summed E-state index contributed by atoms with van der Waals surface area (Å²) in [6.45, 7) is 6.75. The van der Waals surface area contributed by atoms with E-state index >= 15 is 0 Å². The maximum absolute atomic E-state index is 12.7. The molecule has 0 aliphatic carbocycles. The second kappa shape index (κ2) is 16.2. The first kappa shape index (κ1) is 26.5. The number of hydrogen-bond donors (Lipinski definition) is 1. The van der Waals surface area contributed by atoms with Crippen LogP contribution in [0.25, 0.3) is 0 Å². The van der Waals surface area contributed by atoms with Crippen LogP contribution in [0.4, 0.5) is 0 Å². The number of benzene rings is 1. The van der Waals surface area contributed by atoms with Gasteiger partial charge in [-0.3, -0.25) is 4.79 Å². The number of ether oxygens (including phenoxy) is 4. The number of hydrogen-bond acceptors (Lipinski definition) is 5. The van der Waals surface area contributed by atoms with Gasteiger partial charge in [-0.2, -0.15) is 0 Å². The molecule has 0 unspecified atom stereocenters. The molecule has 1 amide bonds. The number of unbranched alkanes of at least 4 members (excludes halogenated alkanes) is 3. The highest BCUT2D eigenvalue weighted by Gasteiger charge is 2.21. The van der Waals surface area contributed by atoms with Crippen LogP contribution in [0.15, 0.2) is 12.1 Å². The molecule has 1 rings (SSSR count). The van der Waals surface area contributed by atoms with Gasteiger partial charge in [0.2, 0.25) is 5.91 Å². The molecule has 0 aliphatic rings. The van der Waals surface area contributed by atoms with Crippen LogP contribution < -0.4 is 14.8 Å². The van der Waals surface area contributed by atoms with E-state index in [0.29, 0.717) is 44.3 Å². The van der Waals surface area contributed by atoms with Crippen LogP contribution in [0, 0.1) is 6.92 Å². The lowest BCUT2D eigenvalue weighted by atomic mass is 9.93. The molecule has 1 N–H and O–H groups in total. The van der Waals surface area contributed by atoms with Gasteiger partial charge in [0.25, 0.3) is 0 Å². The number of nitrogens with one attached hydrogen (secondary N) is 1. The van der Waals surface area contributed by atoms with Crippen molar-refractivity contribution in [3.05, 3.63) is 23.3 Å².